The average molecular weight is 231 g/mol. The highest BCUT2D eigenvalue weighted by Crippen LogP contribution is 2.17. The maximum absolute atomic E-state index is 11.4. The van der Waals surface area contributed by atoms with E-state index in [9.17, 15) is 4.79 Å². The first-order valence-electron chi connectivity index (χ1n) is 4.88. The number of alkyl halides is 1. The van der Waals surface area contributed by atoms with E-state index in [4.69, 9.17) is 16.1 Å². The zero-order valence-electron chi connectivity index (χ0n) is 9.08. The van der Waals surface area contributed by atoms with Crippen molar-refractivity contribution >= 4 is 23.4 Å². The van der Waals surface area contributed by atoms with Crippen LogP contribution >= 0.6 is 11.6 Å². The third kappa shape index (κ3) is 3.23. The SMILES string of the molecule is CC(CCl)C(=O)Nc1cc(C(C)C)no1. The Balaban J connectivity index is 2.61. The molecule has 0 aliphatic heterocycles. The molecule has 1 heterocycles. The van der Waals surface area contributed by atoms with Crippen molar-refractivity contribution in [3.05, 3.63) is 11.8 Å². The van der Waals surface area contributed by atoms with Gasteiger partial charge in [0.05, 0.1) is 5.69 Å². The first kappa shape index (κ1) is 12.0. The lowest BCUT2D eigenvalue weighted by Crippen LogP contribution is -2.21. The van der Waals surface area contributed by atoms with E-state index in [1.807, 2.05) is 13.8 Å². The van der Waals surface area contributed by atoms with Gasteiger partial charge in [0.15, 0.2) is 0 Å². The van der Waals surface area contributed by atoms with Gasteiger partial charge >= 0.3 is 0 Å². The normalized spacial score (nSPS) is 12.9. The van der Waals surface area contributed by atoms with Gasteiger partial charge in [0.1, 0.15) is 0 Å². The number of nitrogens with one attached hydrogen (secondary N) is 1. The quantitative estimate of drug-likeness (QED) is 0.809. The van der Waals surface area contributed by atoms with E-state index >= 15 is 0 Å². The fourth-order valence-electron chi connectivity index (χ4n) is 0.935. The van der Waals surface area contributed by atoms with E-state index in [0.29, 0.717) is 5.88 Å². The summed E-state index contributed by atoms with van der Waals surface area (Å²) in [6.45, 7) is 5.76. The number of hydrogen-bond acceptors (Lipinski definition) is 3. The summed E-state index contributed by atoms with van der Waals surface area (Å²) < 4.78 is 4.97. The molecule has 15 heavy (non-hydrogen) atoms. The fourth-order valence-corrected chi connectivity index (χ4v) is 1.07. The van der Waals surface area contributed by atoms with Crippen LogP contribution in [0.2, 0.25) is 0 Å². The van der Waals surface area contributed by atoms with Crippen LogP contribution in [0.25, 0.3) is 0 Å². The molecule has 0 aliphatic carbocycles. The summed E-state index contributed by atoms with van der Waals surface area (Å²) in [7, 11) is 0. The molecule has 0 radical (unpaired) electrons. The molecule has 0 fully saturated rings. The third-order valence-electron chi connectivity index (χ3n) is 2.05. The number of carbonyl (C=O) groups excluding carboxylic acids is 1. The maximum Gasteiger partial charge on any atom is 0.231 e. The Morgan fingerprint density at radius 1 is 1.60 bits per heavy atom. The largest absolute Gasteiger partial charge is 0.338 e. The van der Waals surface area contributed by atoms with E-state index < -0.39 is 0 Å². The second kappa shape index (κ2) is 5.16. The Morgan fingerprint density at radius 3 is 2.73 bits per heavy atom. The maximum atomic E-state index is 11.4. The van der Waals surface area contributed by atoms with Crippen molar-refractivity contribution in [2.75, 3.05) is 11.2 Å². The number of aromatic nitrogens is 1. The zero-order valence-corrected chi connectivity index (χ0v) is 9.84. The van der Waals surface area contributed by atoms with E-state index in [-0.39, 0.29) is 23.6 Å². The predicted octanol–water partition coefficient (Wildman–Crippen LogP) is 2.61. The average Bonchev–Trinajstić information content (AvgIpc) is 2.65. The molecule has 1 unspecified atom stereocenters. The van der Waals surface area contributed by atoms with Gasteiger partial charge in [-0.25, -0.2) is 0 Å². The molecule has 1 N–H and O–H groups in total. The number of amides is 1. The minimum absolute atomic E-state index is 0.156. The molecule has 1 amide bonds. The monoisotopic (exact) mass is 230 g/mol. The van der Waals surface area contributed by atoms with Crippen molar-refractivity contribution in [1.29, 1.82) is 0 Å². The highest BCUT2D eigenvalue weighted by Gasteiger charge is 2.14. The van der Waals surface area contributed by atoms with Gasteiger partial charge < -0.3 is 4.52 Å². The van der Waals surface area contributed by atoms with Crippen LogP contribution in [0.5, 0.6) is 0 Å². The van der Waals surface area contributed by atoms with Gasteiger partial charge in [-0.05, 0) is 5.92 Å². The molecule has 0 saturated carbocycles. The molecule has 4 nitrogen and oxygen atoms in total. The molecule has 0 saturated heterocycles. The zero-order chi connectivity index (χ0) is 11.4. The Bertz CT molecular complexity index is 336. The molecule has 0 bridgehead atoms. The fraction of sp³-hybridized carbons (Fsp3) is 0.600. The topological polar surface area (TPSA) is 55.1 Å². The van der Waals surface area contributed by atoms with Gasteiger partial charge in [0.25, 0.3) is 0 Å². The van der Waals surface area contributed by atoms with Crippen LogP contribution in [0.3, 0.4) is 0 Å². The van der Waals surface area contributed by atoms with Crippen LogP contribution in [0, 0.1) is 5.92 Å². The molecule has 1 aromatic rings. The number of nitrogens with zero attached hydrogens (tertiary/aromatic N) is 1. The molecule has 0 aromatic carbocycles. The molecule has 1 rings (SSSR count). The Labute approximate surface area is 94.0 Å². The first-order chi connectivity index (χ1) is 7.04. The van der Waals surface area contributed by atoms with Crippen LogP contribution in [0.15, 0.2) is 10.6 Å². The lowest BCUT2D eigenvalue weighted by molar-refractivity contribution is -0.118. The summed E-state index contributed by atoms with van der Waals surface area (Å²) in [4.78, 5) is 11.4. The van der Waals surface area contributed by atoms with Gasteiger partial charge in [-0.1, -0.05) is 25.9 Å². The Hall–Kier alpha value is -1.03. The van der Waals surface area contributed by atoms with Crippen molar-refractivity contribution in [3.8, 4) is 0 Å². The van der Waals surface area contributed by atoms with Crippen LogP contribution in [0.4, 0.5) is 5.88 Å². The molecule has 84 valence electrons. The number of hydrogen-bond donors (Lipinski definition) is 1. The molecule has 1 aromatic heterocycles. The predicted molar refractivity (Wildman–Crippen MR) is 59.1 cm³/mol. The lowest BCUT2D eigenvalue weighted by atomic mass is 10.1. The molecule has 0 spiro atoms. The van der Waals surface area contributed by atoms with E-state index in [1.54, 1.807) is 13.0 Å². The van der Waals surface area contributed by atoms with Crippen LogP contribution < -0.4 is 5.32 Å². The highest BCUT2D eigenvalue weighted by atomic mass is 35.5. The van der Waals surface area contributed by atoms with E-state index in [1.165, 1.54) is 0 Å². The van der Waals surface area contributed by atoms with Crippen LogP contribution in [-0.2, 0) is 4.79 Å². The van der Waals surface area contributed by atoms with Gasteiger partial charge in [-0.2, -0.15) is 0 Å². The lowest BCUT2D eigenvalue weighted by Gasteiger charge is -2.05. The summed E-state index contributed by atoms with van der Waals surface area (Å²) in [6, 6.07) is 1.73. The van der Waals surface area contributed by atoms with Crippen LogP contribution in [0.1, 0.15) is 32.4 Å². The van der Waals surface area contributed by atoms with Crippen molar-refractivity contribution in [1.82, 2.24) is 5.16 Å². The smallest absolute Gasteiger partial charge is 0.231 e. The summed E-state index contributed by atoms with van der Waals surface area (Å²) in [5, 5.41) is 6.45. The Morgan fingerprint density at radius 2 is 2.27 bits per heavy atom. The second-order valence-corrected chi connectivity index (χ2v) is 4.12. The third-order valence-corrected chi connectivity index (χ3v) is 2.51. The van der Waals surface area contributed by atoms with Crippen molar-refractivity contribution < 1.29 is 9.32 Å². The minimum atomic E-state index is -0.237. The van der Waals surface area contributed by atoms with Gasteiger partial charge in [-0.3, -0.25) is 10.1 Å². The summed E-state index contributed by atoms with van der Waals surface area (Å²) in [6.07, 6.45) is 0. The minimum Gasteiger partial charge on any atom is -0.338 e. The van der Waals surface area contributed by atoms with E-state index in [0.717, 1.165) is 5.69 Å². The molecular weight excluding hydrogens is 216 g/mol. The van der Waals surface area contributed by atoms with E-state index in [2.05, 4.69) is 10.5 Å². The molecule has 1 atom stereocenters. The van der Waals surface area contributed by atoms with Gasteiger partial charge in [-0.15, -0.1) is 11.6 Å². The number of anilines is 1. The second-order valence-electron chi connectivity index (χ2n) is 3.82. The van der Waals surface area contributed by atoms with Crippen molar-refractivity contribution in [3.63, 3.8) is 0 Å². The van der Waals surface area contributed by atoms with Gasteiger partial charge in [0.2, 0.25) is 11.8 Å². The van der Waals surface area contributed by atoms with Crippen LogP contribution in [-0.4, -0.2) is 16.9 Å². The summed E-state index contributed by atoms with van der Waals surface area (Å²) in [5.41, 5.74) is 0.823. The summed E-state index contributed by atoms with van der Waals surface area (Å²) >= 11 is 5.56. The molecular formula is C10H15ClN2O2. The number of carbonyl (C=O) groups is 1. The van der Waals surface area contributed by atoms with Crippen molar-refractivity contribution in [2.45, 2.75) is 26.7 Å². The first-order valence-corrected chi connectivity index (χ1v) is 5.41. The highest BCUT2D eigenvalue weighted by molar-refractivity contribution is 6.19. The molecule has 0 aliphatic rings. The number of halogens is 1. The number of rotatable bonds is 4. The summed E-state index contributed by atoms with van der Waals surface area (Å²) in [5.74, 6) is 0.554. The standard InChI is InChI=1S/C10H15ClN2O2/c1-6(2)8-4-9(15-13-8)12-10(14)7(3)5-11/h4,6-7H,5H2,1-3H3,(H,12,14). The van der Waals surface area contributed by atoms with Crippen molar-refractivity contribution in [2.24, 2.45) is 5.92 Å². The Kier molecular flexibility index (Phi) is 4.15. The van der Waals surface area contributed by atoms with Gasteiger partial charge in [0, 0.05) is 17.9 Å². The molecule has 5 heteroatoms.